The third-order valence-corrected chi connectivity index (χ3v) is 7.26. The van der Waals surface area contributed by atoms with E-state index < -0.39 is 10.0 Å². The Bertz CT molecular complexity index is 834. The number of H-pyrrole nitrogens is 1. The fraction of sp³-hybridized carbons (Fsp3) is 0.562. The smallest absolute Gasteiger partial charge is 0.246 e. The van der Waals surface area contributed by atoms with Crippen molar-refractivity contribution in [1.82, 2.24) is 24.5 Å². The second kappa shape index (κ2) is 6.06. The summed E-state index contributed by atoms with van der Waals surface area (Å²) in [7, 11) is -3.55. The topological polar surface area (TPSA) is 101 Å². The van der Waals surface area contributed by atoms with E-state index in [4.69, 9.17) is 4.74 Å². The molecule has 134 valence electrons. The molecule has 1 saturated heterocycles. The first kappa shape index (κ1) is 16.5. The summed E-state index contributed by atoms with van der Waals surface area (Å²) in [5.41, 5.74) is 1.10. The Labute approximate surface area is 146 Å². The Morgan fingerprint density at radius 1 is 1.20 bits per heavy atom. The Hall–Kier alpha value is -2.00. The first-order valence-electron chi connectivity index (χ1n) is 8.41. The van der Waals surface area contributed by atoms with Gasteiger partial charge in [-0.25, -0.2) is 13.4 Å². The van der Waals surface area contributed by atoms with E-state index in [9.17, 15) is 8.42 Å². The Morgan fingerprint density at radius 3 is 2.48 bits per heavy atom. The predicted octanol–water partition coefficient (Wildman–Crippen LogP) is 1.29. The molecule has 2 aromatic rings. The molecular formula is C16H21N5O3S. The van der Waals surface area contributed by atoms with Gasteiger partial charge >= 0.3 is 0 Å². The summed E-state index contributed by atoms with van der Waals surface area (Å²) < 4.78 is 33.8. The van der Waals surface area contributed by atoms with Crippen LogP contribution in [0.5, 0.6) is 5.88 Å². The lowest BCUT2D eigenvalue weighted by Gasteiger charge is -2.36. The van der Waals surface area contributed by atoms with Crippen molar-refractivity contribution in [3.05, 3.63) is 30.0 Å². The quantitative estimate of drug-likeness (QED) is 0.878. The van der Waals surface area contributed by atoms with Crippen LogP contribution in [-0.2, 0) is 10.0 Å². The molecule has 1 N–H and O–H groups in total. The zero-order chi connectivity index (χ0) is 17.6. The normalized spacial score (nSPS) is 26.7. The van der Waals surface area contributed by atoms with Gasteiger partial charge in [-0.1, -0.05) is 0 Å². The third kappa shape index (κ3) is 2.81. The van der Waals surface area contributed by atoms with Gasteiger partial charge < -0.3 is 4.74 Å². The van der Waals surface area contributed by atoms with E-state index in [1.54, 1.807) is 36.7 Å². The number of aromatic nitrogens is 4. The van der Waals surface area contributed by atoms with Gasteiger partial charge in [0.2, 0.25) is 15.9 Å². The van der Waals surface area contributed by atoms with Gasteiger partial charge in [0, 0.05) is 37.3 Å². The molecule has 1 unspecified atom stereocenters. The zero-order valence-electron chi connectivity index (χ0n) is 14.2. The van der Waals surface area contributed by atoms with Crippen molar-refractivity contribution in [2.75, 3.05) is 13.1 Å². The fourth-order valence-corrected chi connectivity index (χ4v) is 5.94. The first-order valence-corrected chi connectivity index (χ1v) is 9.85. The van der Waals surface area contributed by atoms with Crippen LogP contribution in [0, 0.1) is 25.7 Å². The number of hydrogen-bond donors (Lipinski definition) is 1. The highest BCUT2D eigenvalue weighted by molar-refractivity contribution is 7.89. The van der Waals surface area contributed by atoms with Gasteiger partial charge in [-0.15, -0.1) is 0 Å². The minimum atomic E-state index is -3.55. The highest BCUT2D eigenvalue weighted by Crippen LogP contribution is 2.41. The van der Waals surface area contributed by atoms with Gasteiger partial charge in [0.15, 0.2) is 0 Å². The van der Waals surface area contributed by atoms with Crippen molar-refractivity contribution in [3.8, 4) is 5.88 Å². The molecule has 2 aromatic heterocycles. The number of aryl methyl sites for hydroxylation is 2. The van der Waals surface area contributed by atoms with E-state index in [-0.39, 0.29) is 17.9 Å². The molecule has 9 heteroatoms. The maximum atomic E-state index is 13.1. The average Bonchev–Trinajstić information content (AvgIpc) is 3.03. The summed E-state index contributed by atoms with van der Waals surface area (Å²) in [6, 6.07) is 0. The van der Waals surface area contributed by atoms with Crippen molar-refractivity contribution in [1.29, 1.82) is 0 Å². The van der Waals surface area contributed by atoms with Crippen molar-refractivity contribution in [3.63, 3.8) is 0 Å². The minimum absolute atomic E-state index is 0.00491. The molecule has 0 aromatic carbocycles. The first-order chi connectivity index (χ1) is 12.0. The number of aromatic amines is 1. The molecular weight excluding hydrogens is 342 g/mol. The van der Waals surface area contributed by atoms with E-state index in [0.717, 1.165) is 12.8 Å². The molecule has 1 aliphatic carbocycles. The number of ether oxygens (including phenoxy) is 1. The van der Waals surface area contributed by atoms with Gasteiger partial charge in [0.1, 0.15) is 11.0 Å². The van der Waals surface area contributed by atoms with Crippen LogP contribution in [0.25, 0.3) is 0 Å². The number of nitrogens with zero attached hydrogens (tertiary/aromatic N) is 4. The highest BCUT2D eigenvalue weighted by atomic mass is 32.2. The second-order valence-electron chi connectivity index (χ2n) is 6.81. The van der Waals surface area contributed by atoms with Gasteiger partial charge in [-0.05, 0) is 26.7 Å². The Balaban J connectivity index is 1.55. The standard InChI is InChI=1S/C16H21N5O3S/c1-10-16(11(2)20-19-10)25(22,23)21-8-12-3-4-13(9-21)15(12)24-14-7-17-5-6-18-14/h5-7,12-13,15H,3-4,8-9H2,1-2H3,(H,19,20)/t12-,13+,15?. The molecule has 3 heterocycles. The number of sulfonamides is 1. The highest BCUT2D eigenvalue weighted by Gasteiger charge is 2.47. The molecule has 0 amide bonds. The van der Waals surface area contributed by atoms with Crippen molar-refractivity contribution < 1.29 is 13.2 Å². The van der Waals surface area contributed by atoms with Gasteiger partial charge in [0.25, 0.3) is 0 Å². The molecule has 0 radical (unpaired) electrons. The molecule has 25 heavy (non-hydrogen) atoms. The molecule has 8 nitrogen and oxygen atoms in total. The van der Waals surface area contributed by atoms with Crippen LogP contribution in [0.15, 0.2) is 23.5 Å². The lowest BCUT2D eigenvalue weighted by Crippen LogP contribution is -2.49. The monoisotopic (exact) mass is 363 g/mol. The van der Waals surface area contributed by atoms with Crippen LogP contribution < -0.4 is 4.74 Å². The van der Waals surface area contributed by atoms with E-state index in [1.807, 2.05) is 0 Å². The van der Waals surface area contributed by atoms with E-state index in [0.29, 0.717) is 35.3 Å². The number of piperidine rings is 1. The van der Waals surface area contributed by atoms with Gasteiger partial charge in [0.05, 0.1) is 17.6 Å². The van der Waals surface area contributed by atoms with Crippen molar-refractivity contribution >= 4 is 10.0 Å². The van der Waals surface area contributed by atoms with Crippen LogP contribution in [0.1, 0.15) is 24.2 Å². The summed E-state index contributed by atoms with van der Waals surface area (Å²) in [4.78, 5) is 8.50. The summed E-state index contributed by atoms with van der Waals surface area (Å²) >= 11 is 0. The van der Waals surface area contributed by atoms with E-state index in [1.165, 1.54) is 0 Å². The van der Waals surface area contributed by atoms with Crippen LogP contribution in [-0.4, -0.2) is 52.1 Å². The molecule has 0 spiro atoms. The number of rotatable bonds is 4. The molecule has 2 bridgehead atoms. The fourth-order valence-electron chi connectivity index (χ4n) is 4.05. The lowest BCUT2D eigenvalue weighted by molar-refractivity contribution is 0.0605. The predicted molar refractivity (Wildman–Crippen MR) is 89.5 cm³/mol. The van der Waals surface area contributed by atoms with E-state index in [2.05, 4.69) is 20.2 Å². The van der Waals surface area contributed by atoms with Crippen LogP contribution in [0.2, 0.25) is 0 Å². The molecule has 4 rings (SSSR count). The third-order valence-electron chi connectivity index (χ3n) is 5.17. The van der Waals surface area contributed by atoms with Crippen LogP contribution in [0.3, 0.4) is 0 Å². The lowest BCUT2D eigenvalue weighted by atomic mass is 9.96. The maximum Gasteiger partial charge on any atom is 0.246 e. The Morgan fingerprint density at radius 2 is 1.92 bits per heavy atom. The number of fused-ring (bicyclic) bond motifs is 2. The summed E-state index contributed by atoms with van der Waals surface area (Å²) in [6.07, 6.45) is 6.72. The van der Waals surface area contributed by atoms with E-state index >= 15 is 0 Å². The summed E-state index contributed by atoms with van der Waals surface area (Å²) in [6.45, 7) is 4.39. The second-order valence-corrected chi connectivity index (χ2v) is 8.68. The molecule has 3 atom stereocenters. The Kier molecular flexibility index (Phi) is 3.99. The van der Waals surface area contributed by atoms with Crippen LogP contribution in [0.4, 0.5) is 0 Å². The molecule has 1 aliphatic heterocycles. The molecule has 2 aliphatic rings. The maximum absolute atomic E-state index is 13.1. The number of hydrogen-bond acceptors (Lipinski definition) is 6. The SMILES string of the molecule is Cc1n[nH]c(C)c1S(=O)(=O)N1C[C@H]2CC[C@@H](C1)C2Oc1cnccn1. The largest absolute Gasteiger partial charge is 0.473 e. The summed E-state index contributed by atoms with van der Waals surface area (Å²) in [5.74, 6) is 0.841. The van der Waals surface area contributed by atoms with Gasteiger partial charge in [-0.3, -0.25) is 10.1 Å². The molecule has 2 fully saturated rings. The zero-order valence-corrected chi connectivity index (χ0v) is 15.0. The average molecular weight is 363 g/mol. The van der Waals surface area contributed by atoms with Crippen molar-refractivity contribution in [2.24, 2.45) is 11.8 Å². The minimum Gasteiger partial charge on any atom is -0.473 e. The van der Waals surface area contributed by atoms with Crippen molar-refractivity contribution in [2.45, 2.75) is 37.7 Å². The molecule has 1 saturated carbocycles. The van der Waals surface area contributed by atoms with Gasteiger partial charge in [-0.2, -0.15) is 9.40 Å². The number of nitrogens with one attached hydrogen (secondary N) is 1. The summed E-state index contributed by atoms with van der Waals surface area (Å²) in [5, 5.41) is 6.80. The van der Waals surface area contributed by atoms with Crippen LogP contribution >= 0.6 is 0 Å².